The molecule has 4 rings (SSSR count). The van der Waals surface area contributed by atoms with Crippen molar-refractivity contribution in [3.8, 4) is 5.75 Å². The molecule has 2 aliphatic rings. The van der Waals surface area contributed by atoms with Gasteiger partial charge in [0.05, 0.1) is 18.1 Å². The van der Waals surface area contributed by atoms with E-state index in [1.54, 1.807) is 0 Å². The molecule has 2 amide bonds. The molecule has 6 atom stereocenters. The van der Waals surface area contributed by atoms with Crippen molar-refractivity contribution < 1.29 is 60.8 Å². The number of aliphatic hydroxyl groups excluding tert-OH is 1. The summed E-state index contributed by atoms with van der Waals surface area (Å²) < 4.78 is 81.3. The number of hydrogen-bond donors (Lipinski definition) is 4. The molecule has 0 radical (unpaired) electrons. The second-order valence-electron chi connectivity index (χ2n) is 10.3. The zero-order chi connectivity index (χ0) is 31.7. The molecular weight excluding hydrogens is 589 g/mol. The standard InChI is InChI=1S/C27H26F5N3O8/c1-9-22(37)13(8-12-15(28)17(30)19(32)18(31)16(12)29)34-24(38)20(35-25(39)21-14(36)4-3-7-33-21)10(2)42-27(41)23(11-5-6-11)43-26(9)40/h3-4,7,9-11,13,20,22-23,36-37H,5-6,8H2,1-2H3,(H,34,38)(H,35,39)/t9-,10-,13+,20+,22+,23?/m1/s1. The molecule has 232 valence electrons. The van der Waals surface area contributed by atoms with Crippen molar-refractivity contribution >= 4 is 23.8 Å². The first-order valence-electron chi connectivity index (χ1n) is 13.1. The number of aromatic nitrogens is 1. The fraction of sp³-hybridized carbons (Fsp3) is 0.444. The van der Waals surface area contributed by atoms with Gasteiger partial charge in [-0.1, -0.05) is 0 Å². The van der Waals surface area contributed by atoms with Gasteiger partial charge in [-0.05, 0) is 38.8 Å². The molecular formula is C27H26F5N3O8. The largest absolute Gasteiger partial charge is 0.505 e. The van der Waals surface area contributed by atoms with Crippen LogP contribution in [0.4, 0.5) is 22.0 Å². The Balaban J connectivity index is 1.75. The number of pyridine rings is 1. The molecule has 0 spiro atoms. The lowest BCUT2D eigenvalue weighted by Crippen LogP contribution is -2.59. The van der Waals surface area contributed by atoms with E-state index in [1.165, 1.54) is 13.0 Å². The van der Waals surface area contributed by atoms with Crippen LogP contribution in [0.25, 0.3) is 0 Å². The van der Waals surface area contributed by atoms with Crippen LogP contribution in [0.1, 0.15) is 42.7 Å². The van der Waals surface area contributed by atoms with E-state index >= 15 is 0 Å². The van der Waals surface area contributed by atoms with Crippen LogP contribution in [-0.2, 0) is 30.3 Å². The van der Waals surface area contributed by atoms with Crippen LogP contribution in [0, 0.1) is 40.9 Å². The van der Waals surface area contributed by atoms with Gasteiger partial charge in [0.1, 0.15) is 17.9 Å². The first-order chi connectivity index (χ1) is 20.2. The molecule has 11 nitrogen and oxygen atoms in total. The summed E-state index contributed by atoms with van der Waals surface area (Å²) in [6.07, 6.45) is -4.15. The zero-order valence-electron chi connectivity index (χ0n) is 22.6. The van der Waals surface area contributed by atoms with Gasteiger partial charge < -0.3 is 30.3 Å². The summed E-state index contributed by atoms with van der Waals surface area (Å²) in [5.74, 6) is -18.7. The number of rotatable bonds is 5. The molecule has 1 aromatic heterocycles. The van der Waals surface area contributed by atoms with Gasteiger partial charge in [-0.15, -0.1) is 0 Å². The summed E-state index contributed by atoms with van der Waals surface area (Å²) in [7, 11) is 0. The first-order valence-corrected chi connectivity index (χ1v) is 13.1. The Bertz CT molecular complexity index is 1430. The van der Waals surface area contributed by atoms with Gasteiger partial charge in [-0.25, -0.2) is 31.7 Å². The van der Waals surface area contributed by atoms with Gasteiger partial charge in [-0.2, -0.15) is 0 Å². The number of esters is 2. The minimum absolute atomic E-state index is 0.451. The predicted molar refractivity (Wildman–Crippen MR) is 132 cm³/mol. The van der Waals surface area contributed by atoms with E-state index in [0.717, 1.165) is 19.2 Å². The van der Waals surface area contributed by atoms with E-state index in [0.29, 0.717) is 12.8 Å². The number of amides is 2. The quantitative estimate of drug-likeness (QED) is 0.169. The van der Waals surface area contributed by atoms with Gasteiger partial charge in [0.15, 0.2) is 29.0 Å². The fourth-order valence-corrected chi connectivity index (χ4v) is 4.53. The van der Waals surface area contributed by atoms with Crippen molar-refractivity contribution in [3.63, 3.8) is 0 Å². The van der Waals surface area contributed by atoms with Gasteiger partial charge in [0.2, 0.25) is 17.8 Å². The molecule has 43 heavy (non-hydrogen) atoms. The van der Waals surface area contributed by atoms with Crippen LogP contribution in [0.2, 0.25) is 0 Å². The number of nitrogens with zero attached hydrogens (tertiary/aromatic N) is 1. The van der Waals surface area contributed by atoms with Crippen LogP contribution in [0.5, 0.6) is 5.75 Å². The smallest absolute Gasteiger partial charge is 0.348 e. The number of carbonyl (C=O) groups excluding carboxylic acids is 4. The van der Waals surface area contributed by atoms with E-state index in [-0.39, 0.29) is 0 Å². The topological polar surface area (TPSA) is 164 Å². The Kier molecular flexibility index (Phi) is 9.18. The van der Waals surface area contributed by atoms with Gasteiger partial charge >= 0.3 is 11.9 Å². The average molecular weight is 616 g/mol. The van der Waals surface area contributed by atoms with E-state index < -0.39 is 118 Å². The lowest BCUT2D eigenvalue weighted by molar-refractivity contribution is -0.178. The predicted octanol–water partition coefficient (Wildman–Crippen LogP) is 1.57. The van der Waals surface area contributed by atoms with Gasteiger partial charge in [0, 0.05) is 24.1 Å². The van der Waals surface area contributed by atoms with Crippen molar-refractivity contribution in [2.24, 2.45) is 11.8 Å². The van der Waals surface area contributed by atoms with Crippen molar-refractivity contribution in [2.75, 3.05) is 0 Å². The molecule has 0 bridgehead atoms. The Morgan fingerprint density at radius 2 is 1.60 bits per heavy atom. The van der Waals surface area contributed by atoms with Crippen LogP contribution >= 0.6 is 0 Å². The second-order valence-corrected chi connectivity index (χ2v) is 10.3. The monoisotopic (exact) mass is 615 g/mol. The number of benzene rings is 1. The summed E-state index contributed by atoms with van der Waals surface area (Å²) in [5, 5.41) is 25.4. The molecule has 1 unspecified atom stereocenters. The highest BCUT2D eigenvalue weighted by Crippen LogP contribution is 2.36. The summed E-state index contributed by atoms with van der Waals surface area (Å²) in [6.45, 7) is 2.27. The summed E-state index contributed by atoms with van der Waals surface area (Å²) >= 11 is 0. The van der Waals surface area contributed by atoms with E-state index in [2.05, 4.69) is 15.6 Å². The highest BCUT2D eigenvalue weighted by molar-refractivity contribution is 5.98. The first kappa shape index (κ1) is 31.6. The summed E-state index contributed by atoms with van der Waals surface area (Å²) in [6, 6.07) is -1.30. The molecule has 1 aliphatic carbocycles. The summed E-state index contributed by atoms with van der Waals surface area (Å²) in [4.78, 5) is 55.9. The normalized spacial score (nSPS) is 26.8. The fourth-order valence-electron chi connectivity index (χ4n) is 4.53. The number of nitrogens with one attached hydrogen (secondary N) is 2. The zero-order valence-corrected chi connectivity index (χ0v) is 22.6. The molecule has 1 saturated carbocycles. The van der Waals surface area contributed by atoms with E-state index in [1.807, 2.05) is 0 Å². The number of halogens is 5. The second kappa shape index (κ2) is 12.5. The number of cyclic esters (lactones) is 2. The van der Waals surface area contributed by atoms with Crippen molar-refractivity contribution in [1.82, 2.24) is 15.6 Å². The van der Waals surface area contributed by atoms with E-state index in [9.17, 15) is 51.3 Å². The minimum Gasteiger partial charge on any atom is -0.505 e. The Hall–Kier alpha value is -4.34. The molecule has 1 aliphatic heterocycles. The third kappa shape index (κ3) is 6.53. The van der Waals surface area contributed by atoms with E-state index in [4.69, 9.17) is 9.47 Å². The maximum Gasteiger partial charge on any atom is 0.348 e. The number of aliphatic hydroxyl groups is 1. The highest BCUT2D eigenvalue weighted by Gasteiger charge is 2.45. The number of carbonyl (C=O) groups is 4. The SMILES string of the molecule is C[C@H]1OC(=O)C(C2CC2)OC(=O)[C@H](C)[C@H](O)[C@H](Cc2c(F)c(F)c(F)c(F)c2F)NC(=O)[C@H]1NC(=O)c1ncccc1O. The van der Waals surface area contributed by atoms with Crippen LogP contribution in [0.3, 0.4) is 0 Å². The molecule has 1 saturated heterocycles. The average Bonchev–Trinajstić information content (AvgIpc) is 3.82. The lowest BCUT2D eigenvalue weighted by Gasteiger charge is -2.33. The molecule has 16 heteroatoms. The molecule has 2 heterocycles. The molecule has 2 fully saturated rings. The highest BCUT2D eigenvalue weighted by atomic mass is 19.2. The van der Waals surface area contributed by atoms with Crippen LogP contribution in [0.15, 0.2) is 18.3 Å². The third-order valence-electron chi connectivity index (χ3n) is 7.22. The van der Waals surface area contributed by atoms with Crippen LogP contribution < -0.4 is 10.6 Å². The molecule has 4 N–H and O–H groups in total. The van der Waals surface area contributed by atoms with Gasteiger partial charge in [-0.3, -0.25) is 14.4 Å². The maximum atomic E-state index is 14.6. The number of hydrogen-bond acceptors (Lipinski definition) is 9. The number of aromatic hydroxyl groups is 1. The van der Waals surface area contributed by atoms with Gasteiger partial charge in [0.25, 0.3) is 5.91 Å². The molecule has 2 aromatic rings. The minimum atomic E-state index is -2.43. The molecule has 1 aromatic carbocycles. The van der Waals surface area contributed by atoms with Crippen molar-refractivity contribution in [2.45, 2.75) is 63.5 Å². The maximum absolute atomic E-state index is 14.6. The Labute approximate surface area is 240 Å². The Morgan fingerprint density at radius 3 is 2.19 bits per heavy atom. The third-order valence-corrected chi connectivity index (χ3v) is 7.22. The van der Waals surface area contributed by atoms with Crippen LogP contribution in [-0.4, -0.2) is 69.3 Å². The Morgan fingerprint density at radius 1 is 1.00 bits per heavy atom. The lowest BCUT2D eigenvalue weighted by atomic mass is 9.91. The summed E-state index contributed by atoms with van der Waals surface area (Å²) in [5.41, 5.74) is -1.93. The van der Waals surface area contributed by atoms with Crippen molar-refractivity contribution in [1.29, 1.82) is 0 Å². The number of ether oxygens (including phenoxy) is 2. The van der Waals surface area contributed by atoms with Crippen molar-refractivity contribution in [3.05, 3.63) is 58.7 Å².